The van der Waals surface area contributed by atoms with Gasteiger partial charge in [0.05, 0.1) is 11.8 Å². The maximum absolute atomic E-state index is 13.3. The second-order valence-corrected chi connectivity index (χ2v) is 9.49. The Morgan fingerprint density at radius 2 is 1.86 bits per heavy atom. The Labute approximate surface area is 176 Å². The molecular formula is C24H39N3O2. The molecule has 0 N–H and O–H groups in total. The van der Waals surface area contributed by atoms with Gasteiger partial charge in [-0.2, -0.15) is 0 Å². The number of piperidine rings is 2. The molecule has 1 saturated carbocycles. The number of furan rings is 1. The van der Waals surface area contributed by atoms with Crippen LogP contribution < -0.4 is 0 Å². The van der Waals surface area contributed by atoms with Crippen LogP contribution in [0.3, 0.4) is 0 Å². The number of amides is 1. The van der Waals surface area contributed by atoms with E-state index in [0.717, 1.165) is 37.0 Å². The van der Waals surface area contributed by atoms with Gasteiger partial charge in [0.15, 0.2) is 0 Å². The summed E-state index contributed by atoms with van der Waals surface area (Å²) in [7, 11) is 0. The highest BCUT2D eigenvalue weighted by atomic mass is 16.3. The number of likely N-dealkylation sites (tertiary alicyclic amines) is 2. The van der Waals surface area contributed by atoms with Crippen LogP contribution in [-0.2, 0) is 0 Å². The summed E-state index contributed by atoms with van der Waals surface area (Å²) in [5.41, 5.74) is 0.743. The Hall–Kier alpha value is -1.33. The number of hydrogen-bond acceptors (Lipinski definition) is 4. The summed E-state index contributed by atoms with van der Waals surface area (Å²) in [5.74, 6) is 1.50. The summed E-state index contributed by atoms with van der Waals surface area (Å²) >= 11 is 0. The zero-order valence-electron chi connectivity index (χ0n) is 18.3. The van der Waals surface area contributed by atoms with E-state index in [1.807, 2.05) is 13.0 Å². The summed E-state index contributed by atoms with van der Waals surface area (Å²) in [5, 5.41) is 0. The molecule has 0 aromatic carbocycles. The highest BCUT2D eigenvalue weighted by Gasteiger charge is 2.30. The lowest BCUT2D eigenvalue weighted by Crippen LogP contribution is -2.47. The molecule has 1 atom stereocenters. The molecule has 1 aromatic heterocycles. The average molecular weight is 402 g/mol. The van der Waals surface area contributed by atoms with E-state index in [-0.39, 0.29) is 5.91 Å². The first-order chi connectivity index (χ1) is 14.2. The molecule has 0 bridgehead atoms. The molecule has 5 nitrogen and oxygen atoms in total. The molecule has 4 rings (SSSR count). The van der Waals surface area contributed by atoms with E-state index in [9.17, 15) is 4.79 Å². The maximum Gasteiger partial charge on any atom is 0.257 e. The topological polar surface area (TPSA) is 39.9 Å². The first-order valence-corrected chi connectivity index (χ1v) is 12.0. The van der Waals surface area contributed by atoms with Crippen molar-refractivity contribution in [1.29, 1.82) is 0 Å². The third-order valence-corrected chi connectivity index (χ3v) is 7.38. The minimum atomic E-state index is 0.159. The van der Waals surface area contributed by atoms with Crippen molar-refractivity contribution in [3.63, 3.8) is 0 Å². The van der Waals surface area contributed by atoms with Gasteiger partial charge in [-0.25, -0.2) is 0 Å². The fraction of sp³-hybridized carbons (Fsp3) is 0.792. The van der Waals surface area contributed by atoms with Gasteiger partial charge in [-0.05, 0) is 77.1 Å². The number of carbonyl (C=O) groups is 1. The molecule has 3 heterocycles. The molecule has 5 heteroatoms. The van der Waals surface area contributed by atoms with E-state index in [1.54, 1.807) is 6.26 Å². The molecule has 2 saturated heterocycles. The van der Waals surface area contributed by atoms with Gasteiger partial charge < -0.3 is 19.1 Å². The highest BCUT2D eigenvalue weighted by Crippen LogP contribution is 2.28. The lowest BCUT2D eigenvalue weighted by atomic mass is 9.95. The van der Waals surface area contributed by atoms with Crippen LogP contribution in [0.1, 0.15) is 73.9 Å². The predicted molar refractivity (Wildman–Crippen MR) is 116 cm³/mol. The molecule has 0 spiro atoms. The molecule has 2 aliphatic heterocycles. The van der Waals surface area contributed by atoms with E-state index in [2.05, 4.69) is 14.7 Å². The lowest BCUT2D eigenvalue weighted by molar-refractivity contribution is 0.0608. The third kappa shape index (κ3) is 5.43. The summed E-state index contributed by atoms with van der Waals surface area (Å²) in [6, 6.07) is 2.64. The van der Waals surface area contributed by atoms with E-state index < -0.39 is 0 Å². The summed E-state index contributed by atoms with van der Waals surface area (Å²) < 4.78 is 5.44. The zero-order chi connectivity index (χ0) is 20.1. The van der Waals surface area contributed by atoms with Gasteiger partial charge in [0.25, 0.3) is 5.91 Å². The monoisotopic (exact) mass is 401 g/mol. The van der Waals surface area contributed by atoms with Crippen molar-refractivity contribution >= 4 is 5.91 Å². The van der Waals surface area contributed by atoms with Crippen molar-refractivity contribution in [2.75, 3.05) is 45.8 Å². The van der Waals surface area contributed by atoms with Gasteiger partial charge in [0.2, 0.25) is 0 Å². The quantitative estimate of drug-likeness (QED) is 0.687. The van der Waals surface area contributed by atoms with Crippen LogP contribution >= 0.6 is 0 Å². The highest BCUT2D eigenvalue weighted by molar-refractivity contribution is 5.95. The number of hydrogen-bond donors (Lipinski definition) is 0. The van der Waals surface area contributed by atoms with E-state index in [0.29, 0.717) is 5.92 Å². The fourth-order valence-electron chi connectivity index (χ4n) is 5.66. The van der Waals surface area contributed by atoms with Crippen molar-refractivity contribution in [1.82, 2.24) is 14.7 Å². The van der Waals surface area contributed by atoms with E-state index >= 15 is 0 Å². The largest absolute Gasteiger partial charge is 0.469 e. The SMILES string of the molecule is Cc1occc1C(=O)N(CCN1CCCCC1)CC1CCCN(C2CCCC2)C1. The van der Waals surface area contributed by atoms with Crippen LogP contribution in [0.2, 0.25) is 0 Å². The minimum absolute atomic E-state index is 0.159. The van der Waals surface area contributed by atoms with Gasteiger partial charge >= 0.3 is 0 Å². The standard InChI is InChI=1S/C24H39N3O2/c1-20-23(11-17-29-20)24(28)27(16-15-25-12-5-2-6-13-25)19-21-8-7-14-26(18-21)22-9-3-4-10-22/h11,17,21-22H,2-10,12-16,18-19H2,1H3. The molecule has 1 aliphatic carbocycles. The van der Waals surface area contributed by atoms with Crippen LogP contribution in [0, 0.1) is 12.8 Å². The molecule has 3 aliphatic rings. The lowest BCUT2D eigenvalue weighted by Gasteiger charge is -2.39. The zero-order valence-corrected chi connectivity index (χ0v) is 18.3. The smallest absolute Gasteiger partial charge is 0.257 e. The van der Waals surface area contributed by atoms with Crippen LogP contribution in [-0.4, -0.2) is 72.5 Å². The van der Waals surface area contributed by atoms with Gasteiger partial charge in [-0.15, -0.1) is 0 Å². The normalized spacial score (nSPS) is 24.8. The van der Waals surface area contributed by atoms with Crippen molar-refractivity contribution in [2.24, 2.45) is 5.92 Å². The minimum Gasteiger partial charge on any atom is -0.469 e. The fourth-order valence-corrected chi connectivity index (χ4v) is 5.66. The van der Waals surface area contributed by atoms with E-state index in [4.69, 9.17) is 4.42 Å². The van der Waals surface area contributed by atoms with Crippen molar-refractivity contribution in [3.8, 4) is 0 Å². The van der Waals surface area contributed by atoms with E-state index in [1.165, 1.54) is 84.0 Å². The molecule has 3 fully saturated rings. The van der Waals surface area contributed by atoms with Gasteiger partial charge in [-0.3, -0.25) is 4.79 Å². The van der Waals surface area contributed by atoms with Crippen LogP contribution in [0.15, 0.2) is 16.7 Å². The second-order valence-electron chi connectivity index (χ2n) is 9.49. The van der Waals surface area contributed by atoms with Crippen LogP contribution in [0.4, 0.5) is 0 Å². The van der Waals surface area contributed by atoms with Crippen LogP contribution in [0.5, 0.6) is 0 Å². The Morgan fingerprint density at radius 1 is 1.07 bits per heavy atom. The molecule has 29 heavy (non-hydrogen) atoms. The Morgan fingerprint density at radius 3 is 2.59 bits per heavy atom. The van der Waals surface area contributed by atoms with Crippen molar-refractivity contribution < 1.29 is 9.21 Å². The predicted octanol–water partition coefficient (Wildman–Crippen LogP) is 4.17. The average Bonchev–Trinajstić information content (AvgIpc) is 3.43. The summed E-state index contributed by atoms with van der Waals surface area (Å²) in [4.78, 5) is 20.8. The summed E-state index contributed by atoms with van der Waals surface area (Å²) in [6.45, 7) is 9.42. The Kier molecular flexibility index (Phi) is 7.30. The first-order valence-electron chi connectivity index (χ1n) is 12.0. The molecule has 0 radical (unpaired) electrons. The van der Waals surface area contributed by atoms with Crippen molar-refractivity contribution in [3.05, 3.63) is 23.7 Å². The van der Waals surface area contributed by atoms with Gasteiger partial charge in [0.1, 0.15) is 5.76 Å². The van der Waals surface area contributed by atoms with Crippen molar-refractivity contribution in [2.45, 2.75) is 70.8 Å². The number of carbonyl (C=O) groups excluding carboxylic acids is 1. The summed E-state index contributed by atoms with van der Waals surface area (Å²) in [6.07, 6.45) is 13.7. The Balaban J connectivity index is 1.39. The number of nitrogens with zero attached hydrogens (tertiary/aromatic N) is 3. The second kappa shape index (κ2) is 10.1. The Bertz CT molecular complexity index is 646. The molecular weight excluding hydrogens is 362 g/mol. The maximum atomic E-state index is 13.3. The molecule has 1 amide bonds. The third-order valence-electron chi connectivity index (χ3n) is 7.38. The molecule has 162 valence electrons. The number of aryl methyl sites for hydroxylation is 1. The molecule has 1 unspecified atom stereocenters. The molecule has 1 aromatic rings. The first kappa shape index (κ1) is 20.9. The number of rotatable bonds is 7. The van der Waals surface area contributed by atoms with Gasteiger partial charge in [-0.1, -0.05) is 19.3 Å². The van der Waals surface area contributed by atoms with Crippen LogP contribution in [0.25, 0.3) is 0 Å². The van der Waals surface area contributed by atoms with Gasteiger partial charge in [0, 0.05) is 32.2 Å².